The van der Waals surface area contributed by atoms with Crippen LogP contribution >= 0.6 is 0 Å². The van der Waals surface area contributed by atoms with E-state index in [1.165, 1.54) is 12.8 Å². The maximum absolute atomic E-state index is 13.0. The number of carbonyl (C=O) groups is 1. The van der Waals surface area contributed by atoms with Crippen molar-refractivity contribution in [3.63, 3.8) is 0 Å². The summed E-state index contributed by atoms with van der Waals surface area (Å²) in [4.78, 5) is 15.3. The van der Waals surface area contributed by atoms with Crippen LogP contribution in [0.2, 0.25) is 0 Å². The highest BCUT2D eigenvalue weighted by Gasteiger charge is 2.41. The maximum atomic E-state index is 13.0. The molecule has 0 radical (unpaired) electrons. The number of ketones is 1. The molecule has 0 bridgehead atoms. The minimum Gasteiger partial charge on any atom is -0.493 e. The summed E-state index contributed by atoms with van der Waals surface area (Å²) in [5, 5.41) is 4.14. The molecule has 1 aliphatic heterocycles. The van der Waals surface area contributed by atoms with Crippen LogP contribution in [-0.2, 0) is 7.05 Å². The number of rotatable bonds is 5. The molecule has 1 saturated heterocycles. The number of likely N-dealkylation sites (tertiary alicyclic amines) is 1. The smallest absolute Gasteiger partial charge is 0.204 e. The number of nitrogens with zero attached hydrogens (tertiary/aromatic N) is 3. The van der Waals surface area contributed by atoms with Crippen LogP contribution in [0.25, 0.3) is 0 Å². The molecule has 0 spiro atoms. The Morgan fingerprint density at radius 1 is 1.47 bits per heavy atom. The quantitative estimate of drug-likeness (QED) is 0.763. The topological polar surface area (TPSA) is 47.4 Å². The Morgan fingerprint density at radius 3 is 2.63 bits per heavy atom. The molecule has 0 amide bonds. The molecule has 0 N–H and O–H groups in total. The molecule has 5 nitrogen and oxygen atoms in total. The van der Waals surface area contributed by atoms with Crippen LogP contribution in [0.5, 0.6) is 5.75 Å². The van der Waals surface area contributed by atoms with Gasteiger partial charge in [0, 0.05) is 7.05 Å². The molecule has 0 saturated carbocycles. The van der Waals surface area contributed by atoms with Crippen LogP contribution < -0.4 is 4.74 Å². The molecular formula is C14H23N3O2. The SMILES string of the molecule is CCC(C)(C(=O)c1c(OC)cnn1C)N1CCCC1. The number of hydrogen-bond donors (Lipinski definition) is 0. The Bertz CT molecular complexity index is 463. The van der Waals surface area contributed by atoms with Gasteiger partial charge in [0.15, 0.2) is 5.75 Å². The van der Waals surface area contributed by atoms with Gasteiger partial charge in [-0.2, -0.15) is 5.10 Å². The molecule has 1 aromatic heterocycles. The van der Waals surface area contributed by atoms with Gasteiger partial charge in [-0.1, -0.05) is 6.92 Å². The van der Waals surface area contributed by atoms with Gasteiger partial charge in [0.2, 0.25) is 5.78 Å². The second-order valence-corrected chi connectivity index (χ2v) is 5.34. The van der Waals surface area contributed by atoms with Crippen LogP contribution in [0.15, 0.2) is 6.20 Å². The number of hydrogen-bond acceptors (Lipinski definition) is 4. The number of aryl methyl sites for hydroxylation is 1. The zero-order chi connectivity index (χ0) is 14.0. The minimum atomic E-state index is -0.461. The number of ether oxygens (including phenoxy) is 1. The van der Waals surface area contributed by atoms with Gasteiger partial charge in [-0.3, -0.25) is 14.4 Å². The van der Waals surface area contributed by atoms with Crippen LogP contribution in [-0.4, -0.2) is 46.2 Å². The van der Waals surface area contributed by atoms with Gasteiger partial charge in [-0.15, -0.1) is 0 Å². The maximum Gasteiger partial charge on any atom is 0.204 e. The highest BCUT2D eigenvalue weighted by atomic mass is 16.5. The van der Waals surface area contributed by atoms with Gasteiger partial charge >= 0.3 is 0 Å². The first-order valence-electron chi connectivity index (χ1n) is 6.90. The van der Waals surface area contributed by atoms with Crippen molar-refractivity contribution in [3.05, 3.63) is 11.9 Å². The lowest BCUT2D eigenvalue weighted by Gasteiger charge is -2.36. The fourth-order valence-corrected chi connectivity index (χ4v) is 2.82. The Morgan fingerprint density at radius 2 is 2.11 bits per heavy atom. The van der Waals surface area contributed by atoms with Crippen LogP contribution in [0.1, 0.15) is 43.6 Å². The van der Waals surface area contributed by atoms with E-state index in [9.17, 15) is 4.79 Å². The summed E-state index contributed by atoms with van der Waals surface area (Å²) >= 11 is 0. The molecule has 0 aromatic carbocycles. The number of Topliss-reactive ketones (excluding diaryl/α,β-unsaturated/α-hetero) is 1. The summed E-state index contributed by atoms with van der Waals surface area (Å²) in [7, 11) is 3.36. The van der Waals surface area contributed by atoms with E-state index in [0.29, 0.717) is 11.4 Å². The van der Waals surface area contributed by atoms with Crippen molar-refractivity contribution < 1.29 is 9.53 Å². The largest absolute Gasteiger partial charge is 0.493 e. The molecular weight excluding hydrogens is 242 g/mol. The molecule has 1 fully saturated rings. The summed E-state index contributed by atoms with van der Waals surface area (Å²) in [6.45, 7) is 6.10. The van der Waals surface area contributed by atoms with E-state index in [0.717, 1.165) is 19.5 Å². The number of aromatic nitrogens is 2. The van der Waals surface area contributed by atoms with Gasteiger partial charge in [-0.05, 0) is 39.3 Å². The molecule has 106 valence electrons. The molecule has 5 heteroatoms. The van der Waals surface area contributed by atoms with E-state index in [1.807, 2.05) is 6.92 Å². The predicted molar refractivity (Wildman–Crippen MR) is 73.6 cm³/mol. The van der Waals surface area contributed by atoms with Gasteiger partial charge in [0.05, 0.1) is 18.8 Å². The lowest BCUT2D eigenvalue weighted by atomic mass is 9.89. The standard InChI is InChI=1S/C14H23N3O2/c1-5-14(2,17-8-6-7-9-17)13(18)12-11(19-4)10-15-16(12)3/h10H,5-9H2,1-4H3. The van der Waals surface area contributed by atoms with Crippen LogP contribution in [0, 0.1) is 0 Å². The summed E-state index contributed by atoms with van der Waals surface area (Å²) < 4.78 is 6.88. The Hall–Kier alpha value is -1.36. The Labute approximate surface area is 114 Å². The first kappa shape index (κ1) is 14.1. The lowest BCUT2D eigenvalue weighted by Crippen LogP contribution is -2.51. The first-order valence-corrected chi connectivity index (χ1v) is 6.90. The molecule has 1 aromatic rings. The van der Waals surface area contributed by atoms with Crippen molar-refractivity contribution in [2.75, 3.05) is 20.2 Å². The van der Waals surface area contributed by atoms with E-state index in [4.69, 9.17) is 4.74 Å². The second kappa shape index (κ2) is 5.33. The van der Waals surface area contributed by atoms with Gasteiger partial charge < -0.3 is 4.74 Å². The average molecular weight is 265 g/mol. The zero-order valence-corrected chi connectivity index (χ0v) is 12.3. The summed E-state index contributed by atoms with van der Waals surface area (Å²) in [5.74, 6) is 0.667. The van der Waals surface area contributed by atoms with E-state index >= 15 is 0 Å². The summed E-state index contributed by atoms with van der Waals surface area (Å²) in [6, 6.07) is 0. The van der Waals surface area contributed by atoms with E-state index in [1.54, 1.807) is 25.0 Å². The van der Waals surface area contributed by atoms with Crippen molar-refractivity contribution in [2.24, 2.45) is 7.05 Å². The van der Waals surface area contributed by atoms with Crippen molar-refractivity contribution in [3.8, 4) is 5.75 Å². The van der Waals surface area contributed by atoms with Crippen molar-refractivity contribution in [1.82, 2.24) is 14.7 Å². The first-order chi connectivity index (χ1) is 9.04. The third-order valence-corrected chi connectivity index (χ3v) is 4.32. The van der Waals surface area contributed by atoms with Crippen LogP contribution in [0.3, 0.4) is 0 Å². The van der Waals surface area contributed by atoms with E-state index in [2.05, 4.69) is 16.9 Å². The lowest BCUT2D eigenvalue weighted by molar-refractivity contribution is 0.0634. The molecule has 1 unspecified atom stereocenters. The molecule has 2 rings (SSSR count). The minimum absolute atomic E-state index is 0.105. The fraction of sp³-hybridized carbons (Fsp3) is 0.714. The molecule has 1 atom stereocenters. The van der Waals surface area contributed by atoms with E-state index in [-0.39, 0.29) is 5.78 Å². The number of methoxy groups -OCH3 is 1. The Kier molecular flexibility index (Phi) is 3.94. The Balaban J connectivity index is 2.37. The normalized spacial score (nSPS) is 19.4. The summed E-state index contributed by atoms with van der Waals surface area (Å²) in [6.07, 6.45) is 4.74. The van der Waals surface area contributed by atoms with Crippen molar-refractivity contribution in [2.45, 2.75) is 38.6 Å². The molecule has 2 heterocycles. The average Bonchev–Trinajstić information content (AvgIpc) is 3.06. The van der Waals surface area contributed by atoms with Gasteiger partial charge in [-0.25, -0.2) is 0 Å². The highest BCUT2D eigenvalue weighted by Crippen LogP contribution is 2.31. The number of carbonyl (C=O) groups excluding carboxylic acids is 1. The fourth-order valence-electron chi connectivity index (χ4n) is 2.82. The molecule has 0 aliphatic carbocycles. The summed E-state index contributed by atoms with van der Waals surface area (Å²) in [5.41, 5.74) is 0.108. The monoisotopic (exact) mass is 265 g/mol. The molecule has 1 aliphatic rings. The predicted octanol–water partition coefficient (Wildman–Crippen LogP) is 1.88. The van der Waals surface area contributed by atoms with Crippen molar-refractivity contribution in [1.29, 1.82) is 0 Å². The van der Waals surface area contributed by atoms with Crippen LogP contribution in [0.4, 0.5) is 0 Å². The van der Waals surface area contributed by atoms with Gasteiger partial charge in [0.1, 0.15) is 5.69 Å². The third kappa shape index (κ3) is 2.27. The second-order valence-electron chi connectivity index (χ2n) is 5.34. The van der Waals surface area contributed by atoms with Crippen molar-refractivity contribution >= 4 is 5.78 Å². The van der Waals surface area contributed by atoms with E-state index < -0.39 is 5.54 Å². The van der Waals surface area contributed by atoms with Gasteiger partial charge in [0.25, 0.3) is 0 Å². The zero-order valence-electron chi connectivity index (χ0n) is 12.3. The highest BCUT2D eigenvalue weighted by molar-refractivity contribution is 6.03. The molecule has 19 heavy (non-hydrogen) atoms. The third-order valence-electron chi connectivity index (χ3n) is 4.32.